The minimum absolute atomic E-state index is 0. The zero-order chi connectivity index (χ0) is 27.5. The number of pyridine rings is 1. The summed E-state index contributed by atoms with van der Waals surface area (Å²) in [5, 5.41) is 14.4. The van der Waals surface area contributed by atoms with Crippen LogP contribution in [0.2, 0.25) is 0 Å². The summed E-state index contributed by atoms with van der Waals surface area (Å²) in [4.78, 5) is 5.37. The average Bonchev–Trinajstić information content (AvgIpc) is 3.53. The molecule has 0 aliphatic carbocycles. The maximum absolute atomic E-state index is 10.7. The largest absolute Gasteiger partial charge is 2.00 e. The van der Waals surface area contributed by atoms with E-state index in [1.165, 1.54) is 5.56 Å². The van der Waals surface area contributed by atoms with Gasteiger partial charge in [-0.1, -0.05) is 77.5 Å². The molecule has 8 aromatic rings. The van der Waals surface area contributed by atoms with Gasteiger partial charge in [0.1, 0.15) is 17.4 Å². The first-order valence-electron chi connectivity index (χ1n) is 13.6. The van der Waals surface area contributed by atoms with E-state index in [0.29, 0.717) is 5.56 Å². The summed E-state index contributed by atoms with van der Waals surface area (Å²) >= 11 is 0. The Morgan fingerprint density at radius 3 is 1.90 bits per heavy atom. The number of rotatable bonds is 3. The quantitative estimate of drug-likeness (QED) is 0.172. The van der Waals surface area contributed by atoms with Crippen molar-refractivity contribution in [2.75, 3.05) is 0 Å². The van der Waals surface area contributed by atoms with Gasteiger partial charge < -0.3 is 9.13 Å². The number of aryl methyl sites for hydroxylation is 1. The van der Waals surface area contributed by atoms with Gasteiger partial charge in [0.2, 0.25) is 0 Å². The second kappa shape index (κ2) is 10.1. The third kappa shape index (κ3) is 3.75. The molecule has 3 aromatic heterocycles. The smallest absolute Gasteiger partial charge is 0.318 e. The molecule has 42 heavy (non-hydrogen) atoms. The van der Waals surface area contributed by atoms with E-state index in [0.717, 1.165) is 66.4 Å². The summed E-state index contributed by atoms with van der Waals surface area (Å²) < 4.78 is 4.25. The minimum atomic E-state index is 0. The topological polar surface area (TPSA) is 46.5 Å². The Balaban J connectivity index is 0.00000288. The van der Waals surface area contributed by atoms with Crippen molar-refractivity contribution in [3.05, 3.63) is 139 Å². The molecule has 5 aromatic carbocycles. The summed E-state index contributed by atoms with van der Waals surface area (Å²) in [7, 11) is 0. The Morgan fingerprint density at radius 2 is 1.26 bits per heavy atom. The SMILES string of the molecule is Cc1ccccc1-c1[c-]c(-n2c3ccccc3c3c(C#N)c4c5ccccc5n(-c5[c-]cccc5)c4nc32)ccc1.[Pt+2]. The standard InChI is InChI=1S/C37H22N4.Pt/c1-24-12-5-6-17-28(24)25-13-11-16-27(22-25)41-33-21-10-8-19-30(33)35-31(23-38)34-29-18-7-9-20-32(29)40(36(34)39-37(35)41)26-14-3-2-4-15-26;/h2-14,16-21H,1H3;/q-2;+2. The zero-order valence-electron chi connectivity index (χ0n) is 22.6. The number of nitriles is 1. The average molecular weight is 718 g/mol. The van der Waals surface area contributed by atoms with Gasteiger partial charge >= 0.3 is 21.1 Å². The number of para-hydroxylation sites is 3. The van der Waals surface area contributed by atoms with E-state index >= 15 is 0 Å². The molecule has 0 aliphatic rings. The summed E-state index contributed by atoms with van der Waals surface area (Å²) in [6.07, 6.45) is 0. The van der Waals surface area contributed by atoms with Crippen molar-refractivity contribution < 1.29 is 21.1 Å². The predicted molar refractivity (Wildman–Crippen MR) is 165 cm³/mol. The van der Waals surface area contributed by atoms with E-state index in [-0.39, 0.29) is 21.1 Å². The molecule has 200 valence electrons. The van der Waals surface area contributed by atoms with Crippen LogP contribution in [0.3, 0.4) is 0 Å². The number of hydrogen-bond donors (Lipinski definition) is 0. The van der Waals surface area contributed by atoms with E-state index in [2.05, 4.69) is 101 Å². The van der Waals surface area contributed by atoms with Gasteiger partial charge in [0.05, 0.1) is 16.6 Å². The van der Waals surface area contributed by atoms with Crippen molar-refractivity contribution in [2.45, 2.75) is 6.92 Å². The normalized spacial score (nSPS) is 11.2. The second-order valence-corrected chi connectivity index (χ2v) is 10.2. The third-order valence-corrected chi connectivity index (χ3v) is 7.91. The number of fused-ring (bicyclic) bond motifs is 6. The Labute approximate surface area is 257 Å². The first-order chi connectivity index (χ1) is 20.2. The first kappa shape index (κ1) is 26.0. The molecule has 0 bridgehead atoms. The van der Waals surface area contributed by atoms with E-state index in [1.807, 2.05) is 48.5 Å². The van der Waals surface area contributed by atoms with E-state index < -0.39 is 0 Å². The molecule has 0 unspecified atom stereocenters. The minimum Gasteiger partial charge on any atom is -0.318 e. The molecule has 0 fully saturated rings. The van der Waals surface area contributed by atoms with Crippen molar-refractivity contribution in [3.8, 4) is 28.6 Å². The molecular weight excluding hydrogens is 696 g/mol. The fourth-order valence-corrected chi connectivity index (χ4v) is 6.12. The summed E-state index contributed by atoms with van der Waals surface area (Å²) in [5.74, 6) is 0. The monoisotopic (exact) mass is 717 g/mol. The van der Waals surface area contributed by atoms with Gasteiger partial charge in [0.25, 0.3) is 0 Å². The molecule has 0 radical (unpaired) electrons. The maximum atomic E-state index is 10.7. The first-order valence-corrected chi connectivity index (χ1v) is 13.6. The van der Waals surface area contributed by atoms with Crippen LogP contribution in [0.1, 0.15) is 11.1 Å². The molecular formula is C37H22N4Pt. The molecule has 0 saturated heterocycles. The maximum Gasteiger partial charge on any atom is 2.00 e. The summed E-state index contributed by atoms with van der Waals surface area (Å²) in [5.41, 5.74) is 9.17. The van der Waals surface area contributed by atoms with Crippen LogP contribution in [-0.2, 0) is 21.1 Å². The van der Waals surface area contributed by atoms with Gasteiger partial charge in [-0.15, -0.1) is 35.9 Å². The van der Waals surface area contributed by atoms with Crippen molar-refractivity contribution in [2.24, 2.45) is 0 Å². The van der Waals surface area contributed by atoms with Crippen molar-refractivity contribution >= 4 is 43.9 Å². The van der Waals surface area contributed by atoms with Crippen molar-refractivity contribution in [3.63, 3.8) is 0 Å². The van der Waals surface area contributed by atoms with Crippen LogP contribution in [0, 0.1) is 30.4 Å². The molecule has 4 nitrogen and oxygen atoms in total. The van der Waals surface area contributed by atoms with Crippen LogP contribution >= 0.6 is 0 Å². The molecule has 0 spiro atoms. The van der Waals surface area contributed by atoms with Crippen molar-refractivity contribution in [1.29, 1.82) is 5.26 Å². The van der Waals surface area contributed by atoms with E-state index in [4.69, 9.17) is 4.98 Å². The number of nitrogens with zero attached hydrogens (tertiary/aromatic N) is 4. The molecule has 0 saturated carbocycles. The molecule has 5 heteroatoms. The Kier molecular flexibility index (Phi) is 6.27. The van der Waals surface area contributed by atoms with Crippen LogP contribution in [0.5, 0.6) is 0 Å². The van der Waals surface area contributed by atoms with E-state index in [1.54, 1.807) is 0 Å². The van der Waals surface area contributed by atoms with Gasteiger partial charge in [-0.05, 0) is 24.7 Å². The molecule has 0 amide bonds. The summed E-state index contributed by atoms with van der Waals surface area (Å²) in [6, 6.07) is 48.5. The Bertz CT molecular complexity index is 2340. The van der Waals surface area contributed by atoms with Gasteiger partial charge in [-0.25, -0.2) is 4.98 Å². The second-order valence-electron chi connectivity index (χ2n) is 10.2. The fourth-order valence-electron chi connectivity index (χ4n) is 6.12. The van der Waals surface area contributed by atoms with Crippen LogP contribution in [0.25, 0.3) is 66.4 Å². The van der Waals surface area contributed by atoms with E-state index in [9.17, 15) is 5.26 Å². The molecule has 0 atom stereocenters. The number of benzene rings is 5. The number of hydrogen-bond acceptors (Lipinski definition) is 2. The zero-order valence-corrected chi connectivity index (χ0v) is 24.8. The third-order valence-electron chi connectivity index (χ3n) is 7.91. The molecule has 3 heterocycles. The Morgan fingerprint density at radius 1 is 0.667 bits per heavy atom. The Hall–Kier alpha value is -4.97. The van der Waals surface area contributed by atoms with Gasteiger partial charge in [0.15, 0.2) is 0 Å². The molecule has 0 N–H and O–H groups in total. The van der Waals surface area contributed by atoms with Crippen LogP contribution in [-0.4, -0.2) is 14.1 Å². The summed E-state index contributed by atoms with van der Waals surface area (Å²) in [6.45, 7) is 2.12. The van der Waals surface area contributed by atoms with Crippen LogP contribution < -0.4 is 0 Å². The predicted octanol–water partition coefficient (Wildman–Crippen LogP) is 8.72. The van der Waals surface area contributed by atoms with Gasteiger partial charge in [-0.3, -0.25) is 0 Å². The van der Waals surface area contributed by atoms with Gasteiger partial charge in [-0.2, -0.15) is 29.5 Å². The fraction of sp³-hybridized carbons (Fsp3) is 0.0270. The van der Waals surface area contributed by atoms with Crippen LogP contribution in [0.15, 0.2) is 115 Å². The number of aromatic nitrogens is 3. The van der Waals surface area contributed by atoms with Crippen LogP contribution in [0.4, 0.5) is 0 Å². The van der Waals surface area contributed by atoms with Gasteiger partial charge in [0, 0.05) is 21.5 Å². The van der Waals surface area contributed by atoms with Crippen molar-refractivity contribution in [1.82, 2.24) is 14.1 Å². The molecule has 0 aliphatic heterocycles. The molecule has 8 rings (SSSR count).